The molecule has 1 aromatic rings. The van der Waals surface area contributed by atoms with Crippen molar-refractivity contribution < 1.29 is 9.13 Å². The van der Waals surface area contributed by atoms with Crippen LogP contribution in [0, 0.1) is 23.1 Å². The Morgan fingerprint density at radius 2 is 2.33 bits per heavy atom. The van der Waals surface area contributed by atoms with Crippen molar-refractivity contribution in [1.29, 1.82) is 5.26 Å². The molecule has 0 heterocycles. The average Bonchev–Trinajstić information content (AvgIpc) is 2.25. The minimum Gasteiger partial charge on any atom is -0.492 e. The monoisotopic (exact) mass is 208 g/mol. The van der Waals surface area contributed by atoms with Crippen molar-refractivity contribution >= 4 is 0 Å². The van der Waals surface area contributed by atoms with E-state index in [0.717, 1.165) is 0 Å². The average molecular weight is 208 g/mol. The minimum absolute atomic E-state index is 0.0540. The van der Waals surface area contributed by atoms with Gasteiger partial charge in [0.15, 0.2) is 0 Å². The first kappa shape index (κ1) is 11.5. The number of nitrogens with zero attached hydrogens (tertiary/aromatic N) is 1. The quantitative estimate of drug-likeness (QED) is 0.818. The zero-order valence-electron chi connectivity index (χ0n) is 8.53. The Balaban J connectivity index is 2.77. The predicted molar refractivity (Wildman–Crippen MR) is 54.8 cm³/mol. The molecule has 0 radical (unpaired) electrons. The van der Waals surface area contributed by atoms with E-state index in [4.69, 9.17) is 15.7 Å². The van der Waals surface area contributed by atoms with Crippen LogP contribution in [0.5, 0.6) is 5.75 Å². The van der Waals surface area contributed by atoms with Gasteiger partial charge in [0.25, 0.3) is 0 Å². The van der Waals surface area contributed by atoms with Gasteiger partial charge in [0.2, 0.25) is 0 Å². The largest absolute Gasteiger partial charge is 0.492 e. The van der Waals surface area contributed by atoms with Crippen LogP contribution < -0.4 is 10.5 Å². The molecule has 0 aromatic heterocycles. The molecule has 4 heteroatoms. The number of nitriles is 1. The molecule has 0 aliphatic carbocycles. The summed E-state index contributed by atoms with van der Waals surface area (Å²) in [4.78, 5) is 0. The Kier molecular flexibility index (Phi) is 4.07. The van der Waals surface area contributed by atoms with Gasteiger partial charge in [-0.3, -0.25) is 0 Å². The van der Waals surface area contributed by atoms with E-state index < -0.39 is 5.82 Å². The van der Waals surface area contributed by atoms with Crippen LogP contribution in [-0.2, 0) is 0 Å². The summed E-state index contributed by atoms with van der Waals surface area (Å²) < 4.78 is 18.4. The molecule has 2 N–H and O–H groups in total. The van der Waals surface area contributed by atoms with Crippen molar-refractivity contribution in [2.45, 2.75) is 6.92 Å². The highest BCUT2D eigenvalue weighted by Crippen LogP contribution is 2.20. The lowest BCUT2D eigenvalue weighted by atomic mass is 10.2. The van der Waals surface area contributed by atoms with Gasteiger partial charge in [-0.1, -0.05) is 13.0 Å². The lowest BCUT2D eigenvalue weighted by Gasteiger charge is -2.11. The van der Waals surface area contributed by atoms with E-state index >= 15 is 0 Å². The van der Waals surface area contributed by atoms with Crippen LogP contribution in [-0.4, -0.2) is 13.2 Å². The van der Waals surface area contributed by atoms with Crippen LogP contribution in [0.15, 0.2) is 18.2 Å². The molecule has 0 saturated heterocycles. The van der Waals surface area contributed by atoms with Crippen molar-refractivity contribution in [3.8, 4) is 11.8 Å². The van der Waals surface area contributed by atoms with Crippen LogP contribution in [0.3, 0.4) is 0 Å². The van der Waals surface area contributed by atoms with Crippen molar-refractivity contribution in [3.05, 3.63) is 29.6 Å². The summed E-state index contributed by atoms with van der Waals surface area (Å²) in [6.45, 7) is 2.80. The molecule has 80 valence electrons. The zero-order chi connectivity index (χ0) is 11.3. The number of ether oxygens (including phenoxy) is 1. The molecule has 1 aromatic carbocycles. The molecule has 0 aliphatic rings. The number of nitrogens with two attached hydrogens (primary N) is 1. The summed E-state index contributed by atoms with van der Waals surface area (Å²) in [5.41, 5.74) is 5.36. The third kappa shape index (κ3) is 2.93. The minimum atomic E-state index is -0.560. The fourth-order valence-electron chi connectivity index (χ4n) is 1.03. The topological polar surface area (TPSA) is 59.0 Å². The van der Waals surface area contributed by atoms with Gasteiger partial charge in [-0.15, -0.1) is 0 Å². The molecular formula is C11H13FN2O. The second-order valence-corrected chi connectivity index (χ2v) is 3.38. The molecule has 0 bridgehead atoms. The van der Waals surface area contributed by atoms with Gasteiger partial charge in [-0.05, 0) is 18.7 Å². The molecule has 1 unspecified atom stereocenters. The normalized spacial score (nSPS) is 11.9. The maximum Gasteiger partial charge on any atom is 0.144 e. The zero-order valence-corrected chi connectivity index (χ0v) is 8.53. The van der Waals surface area contributed by atoms with E-state index in [1.807, 2.05) is 6.92 Å². The summed E-state index contributed by atoms with van der Waals surface area (Å²) in [5.74, 6) is -0.104. The van der Waals surface area contributed by atoms with Crippen molar-refractivity contribution in [3.63, 3.8) is 0 Å². The fraction of sp³-hybridized carbons (Fsp3) is 0.364. The Morgan fingerprint density at radius 3 is 2.93 bits per heavy atom. The van der Waals surface area contributed by atoms with Gasteiger partial charge in [0.1, 0.15) is 23.2 Å². The molecule has 0 spiro atoms. The second kappa shape index (κ2) is 5.32. The number of hydrogen-bond acceptors (Lipinski definition) is 3. The van der Waals surface area contributed by atoms with Gasteiger partial charge in [-0.25, -0.2) is 4.39 Å². The first-order valence-electron chi connectivity index (χ1n) is 4.70. The number of benzene rings is 1. The Labute approximate surface area is 88.3 Å². The Bertz CT molecular complexity index is 373. The van der Waals surface area contributed by atoms with Crippen LogP contribution in [0.1, 0.15) is 12.5 Å². The molecule has 0 aliphatic heterocycles. The van der Waals surface area contributed by atoms with Crippen molar-refractivity contribution in [1.82, 2.24) is 0 Å². The van der Waals surface area contributed by atoms with E-state index in [9.17, 15) is 4.39 Å². The predicted octanol–water partition coefficient (Wildman–Crippen LogP) is 1.67. The van der Waals surface area contributed by atoms with Gasteiger partial charge in [-0.2, -0.15) is 5.26 Å². The van der Waals surface area contributed by atoms with Gasteiger partial charge < -0.3 is 10.5 Å². The van der Waals surface area contributed by atoms with Crippen molar-refractivity contribution in [2.24, 2.45) is 11.7 Å². The molecule has 0 amide bonds. The highest BCUT2D eigenvalue weighted by Gasteiger charge is 2.09. The summed E-state index contributed by atoms with van der Waals surface area (Å²) in [5, 5.41) is 8.73. The maximum atomic E-state index is 13.1. The summed E-state index contributed by atoms with van der Waals surface area (Å²) in [6.07, 6.45) is 0. The van der Waals surface area contributed by atoms with E-state index in [-0.39, 0.29) is 17.2 Å². The molecule has 1 atom stereocenters. The SMILES string of the molecule is CC(CN)COc1cccc(F)c1C#N. The molecule has 0 fully saturated rings. The number of hydrogen-bond donors (Lipinski definition) is 1. The number of halogens is 1. The third-order valence-electron chi connectivity index (χ3n) is 2.01. The van der Waals surface area contributed by atoms with E-state index in [0.29, 0.717) is 13.2 Å². The van der Waals surface area contributed by atoms with Crippen molar-refractivity contribution in [2.75, 3.05) is 13.2 Å². The smallest absolute Gasteiger partial charge is 0.144 e. The second-order valence-electron chi connectivity index (χ2n) is 3.38. The highest BCUT2D eigenvalue weighted by molar-refractivity contribution is 5.43. The molecule has 3 nitrogen and oxygen atoms in total. The van der Waals surface area contributed by atoms with Crippen LogP contribution in [0.4, 0.5) is 4.39 Å². The highest BCUT2D eigenvalue weighted by atomic mass is 19.1. The number of rotatable bonds is 4. The molecular weight excluding hydrogens is 195 g/mol. The van der Waals surface area contributed by atoms with Gasteiger partial charge >= 0.3 is 0 Å². The third-order valence-corrected chi connectivity index (χ3v) is 2.01. The summed E-state index contributed by atoms with van der Waals surface area (Å²) >= 11 is 0. The van der Waals surface area contributed by atoms with Gasteiger partial charge in [0.05, 0.1) is 6.61 Å². The van der Waals surface area contributed by atoms with Crippen LogP contribution in [0.25, 0.3) is 0 Å². The maximum absolute atomic E-state index is 13.1. The van der Waals surface area contributed by atoms with E-state index in [2.05, 4.69) is 0 Å². The lowest BCUT2D eigenvalue weighted by Crippen LogP contribution is -2.18. The Morgan fingerprint density at radius 1 is 1.60 bits per heavy atom. The molecule has 15 heavy (non-hydrogen) atoms. The molecule has 0 saturated carbocycles. The Hall–Kier alpha value is -1.60. The standard InChI is InChI=1S/C11H13FN2O/c1-8(5-13)7-15-11-4-2-3-10(12)9(11)6-14/h2-4,8H,5,7,13H2,1H3. The lowest BCUT2D eigenvalue weighted by molar-refractivity contribution is 0.262. The van der Waals surface area contributed by atoms with Crippen LogP contribution >= 0.6 is 0 Å². The first-order chi connectivity index (χ1) is 7.19. The molecule has 1 rings (SSSR count). The first-order valence-corrected chi connectivity index (χ1v) is 4.70. The van der Waals surface area contributed by atoms with Gasteiger partial charge in [0, 0.05) is 5.92 Å². The van der Waals surface area contributed by atoms with E-state index in [1.54, 1.807) is 12.1 Å². The summed E-state index contributed by atoms with van der Waals surface area (Å²) in [7, 11) is 0. The van der Waals surface area contributed by atoms with E-state index in [1.165, 1.54) is 12.1 Å². The summed E-state index contributed by atoms with van der Waals surface area (Å²) in [6, 6.07) is 6.10. The fourth-order valence-corrected chi connectivity index (χ4v) is 1.03. The van der Waals surface area contributed by atoms with Crippen LogP contribution in [0.2, 0.25) is 0 Å².